The minimum absolute atomic E-state index is 0.0973. The molecule has 1 aliphatic rings. The maximum atomic E-state index is 12.2. The van der Waals surface area contributed by atoms with Crippen LogP contribution in [0.1, 0.15) is 36.8 Å². The van der Waals surface area contributed by atoms with Crippen LogP contribution in [0.3, 0.4) is 0 Å². The number of carbonyl (C=O) groups excluding carboxylic acids is 2. The number of fused-ring (bicyclic) bond motifs is 1. The standard InChI is InChI=1S/C17H17N3O8/c1-17(2,3)13-6-15(28-19-13)18-14(21)7-25-16(22)9-4-11-12(27-8-26-11)5-10(9)20(23)24/h4-6H,7-8H2,1-3H3,(H,18,21). The second kappa shape index (κ2) is 7.18. The number of ether oxygens (including phenoxy) is 3. The summed E-state index contributed by atoms with van der Waals surface area (Å²) in [6.07, 6.45) is 0. The number of amides is 1. The minimum Gasteiger partial charge on any atom is -0.454 e. The maximum absolute atomic E-state index is 12.2. The van der Waals surface area contributed by atoms with E-state index in [1.165, 1.54) is 0 Å². The van der Waals surface area contributed by atoms with E-state index in [0.29, 0.717) is 5.69 Å². The lowest BCUT2D eigenvalue weighted by molar-refractivity contribution is -0.385. The molecule has 28 heavy (non-hydrogen) atoms. The first kappa shape index (κ1) is 19.1. The first-order valence-electron chi connectivity index (χ1n) is 8.17. The van der Waals surface area contributed by atoms with Gasteiger partial charge in [0.1, 0.15) is 5.56 Å². The van der Waals surface area contributed by atoms with Crippen molar-refractivity contribution in [3.8, 4) is 11.5 Å². The zero-order chi connectivity index (χ0) is 20.5. The highest BCUT2D eigenvalue weighted by Crippen LogP contribution is 2.38. The van der Waals surface area contributed by atoms with Crippen LogP contribution in [0.2, 0.25) is 0 Å². The molecule has 11 nitrogen and oxygen atoms in total. The molecule has 0 spiro atoms. The van der Waals surface area contributed by atoms with Gasteiger partial charge in [-0.05, 0) is 0 Å². The summed E-state index contributed by atoms with van der Waals surface area (Å²) in [6.45, 7) is 5.00. The number of benzene rings is 1. The second-order valence-electron chi connectivity index (χ2n) is 6.93. The van der Waals surface area contributed by atoms with E-state index in [1.54, 1.807) is 6.07 Å². The highest BCUT2D eigenvalue weighted by molar-refractivity contribution is 5.97. The van der Waals surface area contributed by atoms with Gasteiger partial charge in [-0.15, -0.1) is 0 Å². The molecule has 0 saturated carbocycles. The van der Waals surface area contributed by atoms with Crippen LogP contribution >= 0.6 is 0 Å². The average molecular weight is 391 g/mol. The molecule has 11 heteroatoms. The van der Waals surface area contributed by atoms with E-state index >= 15 is 0 Å². The number of aromatic nitrogens is 1. The van der Waals surface area contributed by atoms with E-state index in [2.05, 4.69) is 10.5 Å². The lowest BCUT2D eigenvalue weighted by atomic mass is 9.92. The highest BCUT2D eigenvalue weighted by Gasteiger charge is 2.28. The summed E-state index contributed by atoms with van der Waals surface area (Å²) in [4.78, 5) is 34.6. The Morgan fingerprint density at radius 1 is 1.25 bits per heavy atom. The molecule has 1 aromatic heterocycles. The van der Waals surface area contributed by atoms with Gasteiger partial charge in [0.15, 0.2) is 18.1 Å². The molecule has 1 aliphatic heterocycles. The second-order valence-corrected chi connectivity index (χ2v) is 6.93. The van der Waals surface area contributed by atoms with E-state index in [1.807, 2.05) is 20.8 Å². The summed E-state index contributed by atoms with van der Waals surface area (Å²) in [5.74, 6) is -1.30. The normalized spacial score (nSPS) is 12.5. The Morgan fingerprint density at radius 3 is 2.54 bits per heavy atom. The van der Waals surface area contributed by atoms with E-state index in [0.717, 1.165) is 12.1 Å². The number of nitrogens with one attached hydrogen (secondary N) is 1. The molecule has 1 aromatic carbocycles. The summed E-state index contributed by atoms with van der Waals surface area (Å²) in [5.41, 5.74) is -0.496. The fraction of sp³-hybridized carbons (Fsp3) is 0.353. The van der Waals surface area contributed by atoms with Crippen molar-refractivity contribution in [1.29, 1.82) is 0 Å². The lowest BCUT2D eigenvalue weighted by Gasteiger charge is -2.12. The molecule has 0 unspecified atom stereocenters. The van der Waals surface area contributed by atoms with Crippen LogP contribution in [0.5, 0.6) is 11.5 Å². The van der Waals surface area contributed by atoms with Gasteiger partial charge in [0.25, 0.3) is 11.6 Å². The molecular weight excluding hydrogens is 374 g/mol. The number of rotatable bonds is 5. The molecule has 1 N–H and O–H groups in total. The molecule has 148 valence electrons. The van der Waals surface area contributed by atoms with E-state index in [9.17, 15) is 19.7 Å². The number of esters is 1. The van der Waals surface area contributed by atoms with Gasteiger partial charge in [0.05, 0.1) is 16.7 Å². The third kappa shape index (κ3) is 4.03. The van der Waals surface area contributed by atoms with Crippen molar-refractivity contribution >= 4 is 23.4 Å². The van der Waals surface area contributed by atoms with Crippen molar-refractivity contribution in [3.63, 3.8) is 0 Å². The number of carbonyl (C=O) groups is 2. The topological polar surface area (TPSA) is 143 Å². The molecule has 2 heterocycles. The molecule has 2 aromatic rings. The SMILES string of the molecule is CC(C)(C)c1cc(NC(=O)COC(=O)c2cc3c(cc2[N+](=O)[O-])OCO3)on1. The highest BCUT2D eigenvalue weighted by atomic mass is 16.7. The number of hydrogen-bond acceptors (Lipinski definition) is 9. The third-order valence-corrected chi connectivity index (χ3v) is 3.78. The fourth-order valence-electron chi connectivity index (χ4n) is 2.32. The Balaban J connectivity index is 1.65. The molecular formula is C17H17N3O8. The summed E-state index contributed by atoms with van der Waals surface area (Å²) in [7, 11) is 0. The number of anilines is 1. The van der Waals surface area contributed by atoms with Crippen molar-refractivity contribution in [3.05, 3.63) is 39.6 Å². The number of nitro groups is 1. The smallest absolute Gasteiger partial charge is 0.345 e. The molecule has 0 fully saturated rings. The first-order valence-corrected chi connectivity index (χ1v) is 8.17. The van der Waals surface area contributed by atoms with Gasteiger partial charge in [-0.1, -0.05) is 25.9 Å². The molecule has 3 rings (SSSR count). The molecule has 0 radical (unpaired) electrons. The average Bonchev–Trinajstić information content (AvgIpc) is 3.26. The van der Waals surface area contributed by atoms with Crippen LogP contribution in [0.4, 0.5) is 11.6 Å². The van der Waals surface area contributed by atoms with Crippen molar-refractivity contribution in [2.24, 2.45) is 0 Å². The Morgan fingerprint density at radius 2 is 1.93 bits per heavy atom. The van der Waals surface area contributed by atoms with E-state index in [4.69, 9.17) is 18.7 Å². The third-order valence-electron chi connectivity index (χ3n) is 3.78. The predicted molar refractivity (Wildman–Crippen MR) is 93.3 cm³/mol. The van der Waals surface area contributed by atoms with Gasteiger partial charge < -0.3 is 18.7 Å². The zero-order valence-corrected chi connectivity index (χ0v) is 15.3. The van der Waals surface area contributed by atoms with Crippen molar-refractivity contribution < 1.29 is 33.2 Å². The molecule has 1 amide bonds. The number of hydrogen-bond donors (Lipinski definition) is 1. The van der Waals surface area contributed by atoms with Gasteiger partial charge >= 0.3 is 5.97 Å². The Hall–Kier alpha value is -3.63. The first-order chi connectivity index (χ1) is 13.1. The van der Waals surface area contributed by atoms with Crippen molar-refractivity contribution in [2.45, 2.75) is 26.2 Å². The maximum Gasteiger partial charge on any atom is 0.345 e. The Bertz CT molecular complexity index is 944. The van der Waals surface area contributed by atoms with Crippen LogP contribution < -0.4 is 14.8 Å². The Kier molecular flexibility index (Phi) is 4.91. The summed E-state index contributed by atoms with van der Waals surface area (Å²) < 4.78 is 20.0. The quantitative estimate of drug-likeness (QED) is 0.461. The largest absolute Gasteiger partial charge is 0.454 e. The lowest BCUT2D eigenvalue weighted by Crippen LogP contribution is -2.21. The summed E-state index contributed by atoms with van der Waals surface area (Å²) in [5, 5.41) is 17.4. The molecule has 0 aliphatic carbocycles. The van der Waals surface area contributed by atoms with Gasteiger partial charge in [-0.3, -0.25) is 20.2 Å². The molecule has 0 bridgehead atoms. The van der Waals surface area contributed by atoms with Gasteiger partial charge in [-0.25, -0.2) is 4.79 Å². The monoisotopic (exact) mass is 391 g/mol. The van der Waals surface area contributed by atoms with Gasteiger partial charge in [-0.2, -0.15) is 0 Å². The van der Waals surface area contributed by atoms with Crippen LogP contribution in [0, 0.1) is 10.1 Å². The van der Waals surface area contributed by atoms with Crippen molar-refractivity contribution in [1.82, 2.24) is 5.16 Å². The summed E-state index contributed by atoms with van der Waals surface area (Å²) in [6, 6.07) is 3.77. The van der Waals surface area contributed by atoms with Crippen molar-refractivity contribution in [2.75, 3.05) is 18.7 Å². The van der Waals surface area contributed by atoms with E-state index in [-0.39, 0.29) is 35.2 Å². The van der Waals surface area contributed by atoms with Gasteiger partial charge in [0.2, 0.25) is 12.7 Å². The predicted octanol–water partition coefficient (Wildman–Crippen LogP) is 2.40. The van der Waals surface area contributed by atoms with E-state index < -0.39 is 29.1 Å². The van der Waals surface area contributed by atoms with Crippen LogP contribution in [0.15, 0.2) is 22.7 Å². The summed E-state index contributed by atoms with van der Waals surface area (Å²) >= 11 is 0. The van der Waals surface area contributed by atoms with Crippen LogP contribution in [-0.4, -0.2) is 35.4 Å². The zero-order valence-electron chi connectivity index (χ0n) is 15.3. The van der Waals surface area contributed by atoms with Crippen LogP contribution in [0.25, 0.3) is 0 Å². The minimum atomic E-state index is -1.05. The molecule has 0 saturated heterocycles. The number of nitrogens with zero attached hydrogens (tertiary/aromatic N) is 2. The number of nitro benzene ring substituents is 1. The molecule has 0 atom stereocenters. The van der Waals surface area contributed by atoms with Gasteiger partial charge in [0, 0.05) is 17.5 Å². The fourth-order valence-corrected chi connectivity index (χ4v) is 2.32. The van der Waals surface area contributed by atoms with Crippen LogP contribution in [-0.2, 0) is 14.9 Å². The Labute approximate surface area is 158 Å².